The monoisotopic (exact) mass is 465 g/mol. The molecule has 0 saturated heterocycles. The molecule has 5 nitrogen and oxygen atoms in total. The highest BCUT2D eigenvalue weighted by Crippen LogP contribution is 2.36. The lowest BCUT2D eigenvalue weighted by Crippen LogP contribution is -2.30. The average molecular weight is 466 g/mol. The highest BCUT2D eigenvalue weighted by atomic mass is 19.1. The summed E-state index contributed by atoms with van der Waals surface area (Å²) >= 11 is 0. The lowest BCUT2D eigenvalue weighted by atomic mass is 10.0. The molecule has 0 bridgehead atoms. The van der Waals surface area contributed by atoms with Gasteiger partial charge in [-0.1, -0.05) is 62.4 Å². The summed E-state index contributed by atoms with van der Waals surface area (Å²) in [4.78, 5) is 26.5. The molecule has 0 N–H and O–H groups in total. The van der Waals surface area contributed by atoms with Crippen LogP contribution in [0.2, 0.25) is 0 Å². The van der Waals surface area contributed by atoms with Crippen LogP contribution in [0.3, 0.4) is 0 Å². The summed E-state index contributed by atoms with van der Waals surface area (Å²) < 4.78 is 24.2. The molecule has 1 unspecified atom stereocenters. The second-order valence-corrected chi connectivity index (χ2v) is 7.49. The van der Waals surface area contributed by atoms with Gasteiger partial charge in [0, 0.05) is 31.9 Å². The minimum absolute atomic E-state index is 0.228. The third kappa shape index (κ3) is 6.29. The number of hydrogen-bond donors (Lipinski definition) is 0. The Bertz CT molecular complexity index is 1090. The predicted octanol–water partition coefficient (Wildman–Crippen LogP) is 5.90. The molecule has 3 aromatic carbocycles. The highest BCUT2D eigenvalue weighted by molar-refractivity contribution is 6.01. The molecule has 1 heterocycles. The number of methoxy groups -OCH3 is 1. The number of benzene rings is 3. The van der Waals surface area contributed by atoms with Crippen LogP contribution < -0.4 is 4.74 Å². The number of amides is 1. The molecule has 4 rings (SSSR count). The summed E-state index contributed by atoms with van der Waals surface area (Å²) in [5.74, 6) is -0.333. The summed E-state index contributed by atoms with van der Waals surface area (Å²) in [5, 5.41) is 0. The van der Waals surface area contributed by atoms with Crippen molar-refractivity contribution >= 4 is 12.2 Å². The summed E-state index contributed by atoms with van der Waals surface area (Å²) in [6.45, 7) is 6.44. The van der Waals surface area contributed by atoms with E-state index in [0.717, 1.165) is 16.7 Å². The number of hydrogen-bond acceptors (Lipinski definition) is 4. The Kier molecular flexibility index (Phi) is 10.4. The minimum atomic E-state index is -0.934. The van der Waals surface area contributed by atoms with Gasteiger partial charge in [-0.2, -0.15) is 0 Å². The first-order chi connectivity index (χ1) is 16.5. The van der Waals surface area contributed by atoms with Gasteiger partial charge in [0.25, 0.3) is 5.91 Å². The minimum Gasteiger partial charge on any atom is -0.489 e. The van der Waals surface area contributed by atoms with Crippen molar-refractivity contribution < 1.29 is 23.5 Å². The molecule has 6 heteroatoms. The Labute approximate surface area is 201 Å². The first kappa shape index (κ1) is 26.7. The van der Waals surface area contributed by atoms with Crippen LogP contribution in [-0.4, -0.2) is 31.3 Å². The van der Waals surface area contributed by atoms with E-state index in [1.54, 1.807) is 14.2 Å². The molecule has 0 radical (unpaired) electrons. The van der Waals surface area contributed by atoms with Crippen LogP contribution in [-0.2, 0) is 22.7 Å². The third-order valence-electron chi connectivity index (χ3n) is 5.17. The smallest absolute Gasteiger partial charge is 0.255 e. The number of carbonyl (C=O) groups is 2. The number of aldehydes is 1. The van der Waals surface area contributed by atoms with Gasteiger partial charge in [0.1, 0.15) is 30.5 Å². The molecule has 180 valence electrons. The van der Waals surface area contributed by atoms with Crippen LogP contribution in [0.1, 0.15) is 52.5 Å². The second-order valence-electron chi connectivity index (χ2n) is 7.49. The molecule has 0 aromatic heterocycles. The molecule has 0 fully saturated rings. The van der Waals surface area contributed by atoms with E-state index in [1.807, 2.05) is 69.3 Å². The Morgan fingerprint density at radius 1 is 1.03 bits per heavy atom. The summed E-state index contributed by atoms with van der Waals surface area (Å²) in [6, 6.07) is 18.3. The normalized spacial score (nSPS) is 12.5. The van der Waals surface area contributed by atoms with Crippen molar-refractivity contribution in [2.45, 2.75) is 40.0 Å². The fourth-order valence-electron chi connectivity index (χ4n) is 3.72. The molecule has 3 aromatic rings. The second kappa shape index (κ2) is 13.3. The Hall–Kier alpha value is -3.51. The van der Waals surface area contributed by atoms with Gasteiger partial charge < -0.3 is 19.2 Å². The predicted molar refractivity (Wildman–Crippen MR) is 131 cm³/mol. The lowest BCUT2D eigenvalue weighted by Gasteiger charge is -2.25. The van der Waals surface area contributed by atoms with E-state index < -0.39 is 11.9 Å². The number of fused-ring (bicyclic) bond motifs is 1. The fourth-order valence-corrected chi connectivity index (χ4v) is 3.72. The van der Waals surface area contributed by atoms with Gasteiger partial charge >= 0.3 is 0 Å². The van der Waals surface area contributed by atoms with E-state index in [1.165, 1.54) is 23.1 Å². The van der Waals surface area contributed by atoms with E-state index >= 15 is 0 Å². The van der Waals surface area contributed by atoms with Crippen LogP contribution in [0, 0.1) is 12.7 Å². The van der Waals surface area contributed by atoms with Crippen molar-refractivity contribution in [2.24, 2.45) is 0 Å². The van der Waals surface area contributed by atoms with Gasteiger partial charge in [0.15, 0.2) is 0 Å². The molecule has 1 atom stereocenters. The lowest BCUT2D eigenvalue weighted by molar-refractivity contribution is -0.112. The van der Waals surface area contributed by atoms with Crippen molar-refractivity contribution in [1.82, 2.24) is 4.90 Å². The van der Waals surface area contributed by atoms with Crippen LogP contribution in [0.4, 0.5) is 4.39 Å². The first-order valence-electron chi connectivity index (χ1n) is 11.2. The fraction of sp³-hybridized carbons (Fsp3) is 0.286. The van der Waals surface area contributed by atoms with Crippen molar-refractivity contribution in [2.75, 3.05) is 14.2 Å². The SMILES string of the molecule is CC.COC.Cc1cccc2c1C(=O)N(C(C=O)c1cc(F)ccc1OCc1ccccc1)C2. The zero-order chi connectivity index (χ0) is 25.1. The Morgan fingerprint density at radius 2 is 1.71 bits per heavy atom. The van der Waals surface area contributed by atoms with Crippen molar-refractivity contribution in [1.29, 1.82) is 0 Å². The van der Waals surface area contributed by atoms with Crippen LogP contribution >= 0.6 is 0 Å². The zero-order valence-corrected chi connectivity index (χ0v) is 20.4. The number of aryl methyl sites for hydroxylation is 1. The number of rotatable bonds is 6. The van der Waals surface area contributed by atoms with Crippen molar-refractivity contribution in [3.8, 4) is 5.75 Å². The quantitative estimate of drug-likeness (QED) is 0.426. The zero-order valence-electron chi connectivity index (χ0n) is 20.4. The molecule has 0 spiro atoms. The number of nitrogens with zero attached hydrogens (tertiary/aromatic N) is 1. The van der Waals surface area contributed by atoms with Gasteiger partial charge in [-0.25, -0.2) is 4.39 Å². The Balaban J connectivity index is 0.000000758. The van der Waals surface area contributed by atoms with Gasteiger partial charge in [-0.3, -0.25) is 4.79 Å². The largest absolute Gasteiger partial charge is 0.489 e. The van der Waals surface area contributed by atoms with Crippen LogP contribution in [0.15, 0.2) is 66.7 Å². The molecule has 1 aliphatic heterocycles. The number of carbonyl (C=O) groups excluding carboxylic acids is 2. The van der Waals surface area contributed by atoms with Crippen LogP contribution in [0.5, 0.6) is 5.75 Å². The van der Waals surface area contributed by atoms with E-state index in [2.05, 4.69) is 4.74 Å². The van der Waals surface area contributed by atoms with Gasteiger partial charge in [-0.05, 0) is 41.8 Å². The maximum absolute atomic E-state index is 14.0. The summed E-state index contributed by atoms with van der Waals surface area (Å²) in [5.41, 5.74) is 3.63. The number of halogens is 1. The topological polar surface area (TPSA) is 55.8 Å². The third-order valence-corrected chi connectivity index (χ3v) is 5.17. The number of ether oxygens (including phenoxy) is 2. The van der Waals surface area contributed by atoms with Crippen LogP contribution in [0.25, 0.3) is 0 Å². The van der Waals surface area contributed by atoms with Crippen molar-refractivity contribution in [3.05, 3.63) is 100 Å². The van der Waals surface area contributed by atoms with Gasteiger partial charge in [0.2, 0.25) is 0 Å². The molecular weight excluding hydrogens is 433 g/mol. The Morgan fingerprint density at radius 3 is 2.32 bits per heavy atom. The standard InChI is InChI=1S/C24H20FNO3.C2H6O.C2H6/c1-16-6-5-9-18-13-26(24(28)23(16)18)21(14-27)20-12-19(25)10-11-22(20)29-15-17-7-3-2-4-8-17;1-3-2;1-2/h2-12,14,21H,13,15H2,1H3;1-2H3;1-2H3. The summed E-state index contributed by atoms with van der Waals surface area (Å²) in [7, 11) is 3.25. The molecule has 1 amide bonds. The maximum Gasteiger partial charge on any atom is 0.255 e. The first-order valence-corrected chi connectivity index (χ1v) is 11.2. The molecule has 1 aliphatic rings. The van der Waals surface area contributed by atoms with Gasteiger partial charge in [-0.15, -0.1) is 0 Å². The molecule has 34 heavy (non-hydrogen) atoms. The van der Waals surface area contributed by atoms with E-state index in [4.69, 9.17) is 4.74 Å². The van der Waals surface area contributed by atoms with Gasteiger partial charge in [0.05, 0.1) is 0 Å². The molecule has 0 saturated carbocycles. The summed E-state index contributed by atoms with van der Waals surface area (Å²) in [6.07, 6.45) is 0.670. The highest BCUT2D eigenvalue weighted by Gasteiger charge is 2.35. The van der Waals surface area contributed by atoms with E-state index in [9.17, 15) is 14.0 Å². The van der Waals surface area contributed by atoms with E-state index in [-0.39, 0.29) is 12.5 Å². The average Bonchev–Trinajstić information content (AvgIpc) is 3.19. The van der Waals surface area contributed by atoms with E-state index in [0.29, 0.717) is 29.7 Å². The maximum atomic E-state index is 14.0. The molecular formula is C28H32FNO4. The molecule has 0 aliphatic carbocycles. The van der Waals surface area contributed by atoms with Crippen molar-refractivity contribution in [3.63, 3.8) is 0 Å².